The Morgan fingerprint density at radius 3 is 2.57 bits per heavy atom. The number of hydrogen-bond acceptors (Lipinski definition) is 3. The maximum atomic E-state index is 12.2. The lowest BCUT2D eigenvalue weighted by Gasteiger charge is -2.10. The molecule has 0 aliphatic heterocycles. The van der Waals surface area contributed by atoms with Crippen LogP contribution in [0.3, 0.4) is 0 Å². The smallest absolute Gasteiger partial charge is 0.328 e. The van der Waals surface area contributed by atoms with Crippen LogP contribution < -0.4 is 10.1 Å². The number of aliphatic carboxylic acids is 1. The summed E-state index contributed by atoms with van der Waals surface area (Å²) in [6.07, 6.45) is 5.99. The molecule has 0 saturated carbocycles. The number of carbonyl (C=O) groups is 2. The number of carboxylic acids is 1. The highest BCUT2D eigenvalue weighted by molar-refractivity contribution is 6.04. The minimum atomic E-state index is -1.00. The number of hydrogen-bond donors (Lipinski definition) is 2. The van der Waals surface area contributed by atoms with E-state index in [1.807, 2.05) is 19.1 Å². The Balaban J connectivity index is 2.79. The number of amides is 1. The van der Waals surface area contributed by atoms with Gasteiger partial charge in [0.1, 0.15) is 5.75 Å². The van der Waals surface area contributed by atoms with Gasteiger partial charge in [0.15, 0.2) is 0 Å². The van der Waals surface area contributed by atoms with Crippen LogP contribution in [0.25, 0.3) is 0 Å². The number of ether oxygens (including phenoxy) is 1. The van der Waals surface area contributed by atoms with Crippen LogP contribution in [-0.4, -0.2) is 24.1 Å². The van der Waals surface area contributed by atoms with Gasteiger partial charge in [-0.3, -0.25) is 4.79 Å². The van der Waals surface area contributed by atoms with Gasteiger partial charge in [0.2, 0.25) is 0 Å². The molecule has 0 heterocycles. The fourth-order valence-electron chi connectivity index (χ4n) is 1.75. The summed E-state index contributed by atoms with van der Waals surface area (Å²) >= 11 is 0. The highest BCUT2D eigenvalue weighted by Gasteiger charge is 2.07. The number of nitrogens with one attached hydrogen (secondary N) is 1. The predicted octanol–water partition coefficient (Wildman–Crippen LogP) is 3.48. The van der Waals surface area contributed by atoms with E-state index in [1.54, 1.807) is 45.3 Å². The molecule has 1 aromatic rings. The van der Waals surface area contributed by atoms with Crippen molar-refractivity contribution < 1.29 is 19.4 Å². The van der Waals surface area contributed by atoms with Crippen LogP contribution in [0, 0.1) is 6.92 Å². The molecule has 122 valence electrons. The van der Waals surface area contributed by atoms with Crippen molar-refractivity contribution in [2.75, 3.05) is 12.4 Å². The van der Waals surface area contributed by atoms with Gasteiger partial charge in [0, 0.05) is 23.4 Å². The summed E-state index contributed by atoms with van der Waals surface area (Å²) in [5, 5.41) is 11.4. The number of methoxy groups -OCH3 is 1. The number of carbonyl (C=O) groups excluding carboxylic acids is 1. The van der Waals surface area contributed by atoms with Gasteiger partial charge in [0.05, 0.1) is 7.11 Å². The molecule has 2 N–H and O–H groups in total. The van der Waals surface area contributed by atoms with E-state index < -0.39 is 5.97 Å². The topological polar surface area (TPSA) is 75.6 Å². The average molecular weight is 315 g/mol. The van der Waals surface area contributed by atoms with Crippen LogP contribution in [0.15, 0.2) is 53.6 Å². The number of allylic oxidation sites excluding steroid dienone is 4. The zero-order valence-corrected chi connectivity index (χ0v) is 13.7. The zero-order valence-electron chi connectivity index (χ0n) is 13.7. The van der Waals surface area contributed by atoms with Crippen LogP contribution in [0.2, 0.25) is 0 Å². The first-order valence-electron chi connectivity index (χ1n) is 7.05. The normalized spacial score (nSPS) is 12.3. The first-order valence-corrected chi connectivity index (χ1v) is 7.05. The van der Waals surface area contributed by atoms with E-state index in [2.05, 4.69) is 5.32 Å². The Labute approximate surface area is 136 Å². The second-order valence-corrected chi connectivity index (χ2v) is 5.07. The van der Waals surface area contributed by atoms with E-state index in [1.165, 1.54) is 0 Å². The van der Waals surface area contributed by atoms with Gasteiger partial charge in [-0.1, -0.05) is 24.3 Å². The van der Waals surface area contributed by atoms with Crippen molar-refractivity contribution in [3.63, 3.8) is 0 Å². The molecule has 1 amide bonds. The number of anilines is 1. The molecule has 1 rings (SSSR count). The van der Waals surface area contributed by atoms with E-state index in [0.717, 1.165) is 11.6 Å². The molecule has 5 nitrogen and oxygen atoms in total. The molecular formula is C18H21NO4. The molecule has 0 fully saturated rings. The van der Waals surface area contributed by atoms with Crippen LogP contribution in [0.5, 0.6) is 5.75 Å². The fourth-order valence-corrected chi connectivity index (χ4v) is 1.75. The van der Waals surface area contributed by atoms with Crippen molar-refractivity contribution in [2.24, 2.45) is 0 Å². The standard InChI is InChI=1S/C18H21NO4/c1-12(10-17(20)21)6-5-7-14(3)18(22)19-16-11-15(23-4)9-8-13(16)2/h5-11H,1-4H3,(H,19,22)(H,20,21)/b6-5+,12-10+,14-7+. The molecular weight excluding hydrogens is 294 g/mol. The molecule has 1 aromatic carbocycles. The number of rotatable bonds is 6. The first-order chi connectivity index (χ1) is 10.8. The lowest BCUT2D eigenvalue weighted by molar-refractivity contribution is -0.131. The van der Waals surface area contributed by atoms with Crippen LogP contribution >= 0.6 is 0 Å². The summed E-state index contributed by atoms with van der Waals surface area (Å²) in [7, 11) is 1.57. The van der Waals surface area contributed by atoms with E-state index in [4.69, 9.17) is 9.84 Å². The Kier molecular flexibility index (Phi) is 6.80. The van der Waals surface area contributed by atoms with E-state index in [-0.39, 0.29) is 5.91 Å². The highest BCUT2D eigenvalue weighted by atomic mass is 16.5. The Morgan fingerprint density at radius 2 is 1.96 bits per heavy atom. The predicted molar refractivity (Wildman–Crippen MR) is 90.7 cm³/mol. The fraction of sp³-hybridized carbons (Fsp3) is 0.222. The summed E-state index contributed by atoms with van der Waals surface area (Å²) in [6.45, 7) is 5.26. The van der Waals surface area contributed by atoms with Gasteiger partial charge in [-0.2, -0.15) is 0 Å². The molecule has 0 aromatic heterocycles. The minimum absolute atomic E-state index is 0.231. The Morgan fingerprint density at radius 1 is 1.26 bits per heavy atom. The zero-order chi connectivity index (χ0) is 17.4. The molecule has 23 heavy (non-hydrogen) atoms. The Bertz CT molecular complexity index is 684. The first kappa shape index (κ1) is 18.2. The third-order valence-electron chi connectivity index (χ3n) is 3.11. The number of aryl methyl sites for hydroxylation is 1. The van der Waals surface area contributed by atoms with Crippen molar-refractivity contribution in [3.05, 3.63) is 59.2 Å². The van der Waals surface area contributed by atoms with Crippen LogP contribution in [0.1, 0.15) is 19.4 Å². The third-order valence-corrected chi connectivity index (χ3v) is 3.11. The summed E-state index contributed by atoms with van der Waals surface area (Å²) in [6, 6.07) is 5.46. The van der Waals surface area contributed by atoms with Crippen LogP contribution in [-0.2, 0) is 9.59 Å². The van der Waals surface area contributed by atoms with Crippen LogP contribution in [0.4, 0.5) is 5.69 Å². The summed E-state index contributed by atoms with van der Waals surface area (Å²) in [5.74, 6) is -0.563. The molecule has 0 radical (unpaired) electrons. The van der Waals surface area contributed by atoms with Gasteiger partial charge in [-0.05, 0) is 38.0 Å². The van der Waals surface area contributed by atoms with Crippen molar-refractivity contribution >= 4 is 17.6 Å². The SMILES string of the molecule is COc1ccc(C)c(NC(=O)/C(C)=C/C=C/C(C)=C/C(=O)O)c1. The van der Waals surface area contributed by atoms with Gasteiger partial charge < -0.3 is 15.2 Å². The van der Waals surface area contributed by atoms with Crippen molar-refractivity contribution in [2.45, 2.75) is 20.8 Å². The Hall–Kier alpha value is -2.82. The quantitative estimate of drug-likeness (QED) is 0.622. The lowest BCUT2D eigenvalue weighted by atomic mass is 10.1. The summed E-state index contributed by atoms with van der Waals surface area (Å²) in [4.78, 5) is 22.7. The maximum absolute atomic E-state index is 12.2. The molecule has 0 spiro atoms. The molecule has 0 unspecified atom stereocenters. The highest BCUT2D eigenvalue weighted by Crippen LogP contribution is 2.22. The van der Waals surface area contributed by atoms with Gasteiger partial charge in [0.25, 0.3) is 5.91 Å². The molecule has 5 heteroatoms. The lowest BCUT2D eigenvalue weighted by Crippen LogP contribution is -2.13. The van der Waals surface area contributed by atoms with E-state index in [0.29, 0.717) is 22.6 Å². The maximum Gasteiger partial charge on any atom is 0.328 e. The van der Waals surface area contributed by atoms with Crippen molar-refractivity contribution in [3.8, 4) is 5.75 Å². The van der Waals surface area contributed by atoms with Gasteiger partial charge >= 0.3 is 5.97 Å². The largest absolute Gasteiger partial charge is 0.497 e. The summed E-state index contributed by atoms with van der Waals surface area (Å²) in [5.41, 5.74) is 2.72. The molecule has 0 saturated heterocycles. The van der Waals surface area contributed by atoms with E-state index in [9.17, 15) is 9.59 Å². The van der Waals surface area contributed by atoms with Gasteiger partial charge in [-0.25, -0.2) is 4.79 Å². The minimum Gasteiger partial charge on any atom is -0.497 e. The third kappa shape index (κ3) is 6.22. The van der Waals surface area contributed by atoms with E-state index >= 15 is 0 Å². The molecule has 0 atom stereocenters. The molecule has 0 bridgehead atoms. The molecule has 0 aliphatic rings. The number of benzene rings is 1. The van der Waals surface area contributed by atoms with Crippen molar-refractivity contribution in [1.82, 2.24) is 0 Å². The summed E-state index contributed by atoms with van der Waals surface area (Å²) < 4.78 is 5.14. The monoisotopic (exact) mass is 315 g/mol. The van der Waals surface area contributed by atoms with Gasteiger partial charge in [-0.15, -0.1) is 0 Å². The second kappa shape index (κ2) is 8.58. The number of carboxylic acid groups (broad SMARTS) is 1. The molecule has 0 aliphatic carbocycles. The second-order valence-electron chi connectivity index (χ2n) is 5.07. The van der Waals surface area contributed by atoms with Crippen molar-refractivity contribution in [1.29, 1.82) is 0 Å². The average Bonchev–Trinajstić information content (AvgIpc) is 2.48.